The van der Waals surface area contributed by atoms with Gasteiger partial charge in [-0.3, -0.25) is 0 Å². The molecule has 308 valence electrons. The maximum atomic E-state index is 14.1. The highest BCUT2D eigenvalue weighted by Crippen LogP contribution is 2.54. The van der Waals surface area contributed by atoms with Crippen molar-refractivity contribution in [2.24, 2.45) is 0 Å². The Balaban J connectivity index is 1.13. The van der Waals surface area contributed by atoms with Gasteiger partial charge in [0.25, 0.3) is 0 Å². The zero-order valence-corrected chi connectivity index (χ0v) is 36.7. The summed E-state index contributed by atoms with van der Waals surface area (Å²) in [5.74, 6) is -0.438. The average molecular weight is 904 g/mol. The lowest BCUT2D eigenvalue weighted by atomic mass is 9.79. The third-order valence-corrected chi connectivity index (χ3v) is 16.9. The lowest BCUT2D eigenvalue weighted by molar-refractivity contribution is -0.0500. The molecule has 4 nitrogen and oxygen atoms in total. The predicted octanol–water partition coefficient (Wildman–Crippen LogP) is 16.5. The van der Waals surface area contributed by atoms with Gasteiger partial charge >= 0.3 is 15.6 Å². The maximum Gasteiger partial charge on any atom is 0.534 e. The number of thiophene rings is 3. The van der Waals surface area contributed by atoms with Crippen molar-refractivity contribution >= 4 is 122 Å². The molecule has 11 heteroatoms. The SMILES string of the molecule is CC1(C)c2ccccc2-c2cccc(-c3ccc4sc5c(N(c6ccc7c(c6)sc6ccccc67)c6ccc7sc8ccccc8c7c6)cc(OS(=O)(=O)C(F)(F)F)cc5c4c3)c21. The number of hydrogen-bond donors (Lipinski definition) is 0. The van der Waals surface area contributed by atoms with Crippen LogP contribution in [0.1, 0.15) is 25.0 Å². The minimum absolute atomic E-state index is 0.292. The number of alkyl halides is 3. The van der Waals surface area contributed by atoms with Gasteiger partial charge in [-0.1, -0.05) is 105 Å². The van der Waals surface area contributed by atoms with Gasteiger partial charge in [0, 0.05) is 78.7 Å². The van der Waals surface area contributed by atoms with Crippen LogP contribution in [0.15, 0.2) is 158 Å². The molecule has 1 aliphatic carbocycles. The topological polar surface area (TPSA) is 46.6 Å². The van der Waals surface area contributed by atoms with Crippen LogP contribution >= 0.6 is 34.0 Å². The van der Waals surface area contributed by atoms with Gasteiger partial charge in [-0.15, -0.1) is 34.0 Å². The molecule has 0 amide bonds. The first-order valence-corrected chi connectivity index (χ1v) is 24.1. The monoisotopic (exact) mass is 903 g/mol. The van der Waals surface area contributed by atoms with Gasteiger partial charge in [0.2, 0.25) is 0 Å². The molecule has 3 aromatic heterocycles. The summed E-state index contributed by atoms with van der Waals surface area (Å²) in [6.07, 6.45) is 0. The van der Waals surface area contributed by atoms with Gasteiger partial charge in [0.1, 0.15) is 5.75 Å². The number of nitrogens with zero attached hydrogens (tertiary/aromatic N) is 1. The predicted molar refractivity (Wildman–Crippen MR) is 258 cm³/mol. The molecule has 11 aromatic rings. The highest BCUT2D eigenvalue weighted by atomic mass is 32.2. The lowest BCUT2D eigenvalue weighted by Gasteiger charge is -2.27. The summed E-state index contributed by atoms with van der Waals surface area (Å²) in [7, 11) is -6.03. The van der Waals surface area contributed by atoms with Crippen LogP contribution in [-0.4, -0.2) is 13.9 Å². The minimum atomic E-state index is -6.03. The molecule has 0 N–H and O–H groups in total. The van der Waals surface area contributed by atoms with Crippen LogP contribution in [0.2, 0.25) is 0 Å². The second-order valence-electron chi connectivity index (χ2n) is 16.4. The Morgan fingerprint density at radius 3 is 1.90 bits per heavy atom. The highest BCUT2D eigenvalue weighted by Gasteiger charge is 2.48. The molecule has 0 spiro atoms. The largest absolute Gasteiger partial charge is 0.534 e. The molecular formula is C52H32F3NO3S4. The molecule has 0 unspecified atom stereocenters. The fourth-order valence-electron chi connectivity index (χ4n) is 9.61. The Morgan fingerprint density at radius 2 is 1.11 bits per heavy atom. The molecule has 63 heavy (non-hydrogen) atoms. The Kier molecular flexibility index (Phi) is 8.32. The van der Waals surface area contributed by atoms with E-state index in [0.29, 0.717) is 11.1 Å². The fraction of sp³-hybridized carbons (Fsp3) is 0.0769. The van der Waals surface area contributed by atoms with Crippen LogP contribution in [0, 0.1) is 0 Å². The normalized spacial score (nSPS) is 13.7. The Bertz CT molecular complexity index is 3840. The van der Waals surface area contributed by atoms with E-state index in [4.69, 9.17) is 4.18 Å². The number of hydrogen-bond acceptors (Lipinski definition) is 7. The van der Waals surface area contributed by atoms with E-state index in [1.54, 1.807) is 22.7 Å². The molecule has 3 heterocycles. The lowest BCUT2D eigenvalue weighted by Crippen LogP contribution is -2.28. The van der Waals surface area contributed by atoms with Crippen molar-refractivity contribution in [2.75, 3.05) is 4.90 Å². The van der Waals surface area contributed by atoms with E-state index in [0.717, 1.165) is 77.6 Å². The van der Waals surface area contributed by atoms with Crippen molar-refractivity contribution in [3.05, 3.63) is 169 Å². The standard InChI is InChI=1S/C52H32F3NO3S4/c1-51(2)42-15-6-3-10-34(42)38-14-9-13-33(49(38)51)29-18-22-47-39(24-29)41-27-32(59-63(57,58)52(53,54)55)28-43(50(41)62-47)56(30-20-23-46-40(25-30)36-12-5-8-17-45(36)60-46)31-19-21-37-35-11-4-7-16-44(35)61-48(37)26-31/h3-28H,1-2H3. The third kappa shape index (κ3) is 5.87. The van der Waals surface area contributed by atoms with Gasteiger partial charge in [-0.05, 0) is 94.0 Å². The van der Waals surface area contributed by atoms with E-state index in [1.807, 2.05) is 41.3 Å². The molecule has 0 saturated heterocycles. The van der Waals surface area contributed by atoms with E-state index in [-0.39, 0.29) is 5.41 Å². The number of fused-ring (bicyclic) bond motifs is 12. The summed E-state index contributed by atoms with van der Waals surface area (Å²) in [4.78, 5) is 2.02. The van der Waals surface area contributed by atoms with Crippen molar-refractivity contribution in [2.45, 2.75) is 24.8 Å². The molecule has 0 aliphatic heterocycles. The molecular weight excluding hydrogens is 872 g/mol. The fourth-order valence-corrected chi connectivity index (χ4v) is 13.5. The summed E-state index contributed by atoms with van der Waals surface area (Å²) in [6, 6.07) is 52.7. The van der Waals surface area contributed by atoms with E-state index < -0.39 is 21.4 Å². The Hall–Kier alpha value is -6.24. The van der Waals surface area contributed by atoms with Gasteiger partial charge in [0.05, 0.1) is 10.4 Å². The molecule has 0 saturated carbocycles. The van der Waals surface area contributed by atoms with Crippen molar-refractivity contribution in [3.8, 4) is 28.0 Å². The first-order chi connectivity index (χ1) is 30.3. The van der Waals surface area contributed by atoms with Crippen LogP contribution in [0.4, 0.5) is 30.2 Å². The summed E-state index contributed by atoms with van der Waals surface area (Å²) < 4.78 is 79.0. The third-order valence-electron chi connectivity index (χ3n) is 12.4. The van der Waals surface area contributed by atoms with E-state index in [1.165, 1.54) is 45.7 Å². The Morgan fingerprint density at radius 1 is 0.524 bits per heavy atom. The van der Waals surface area contributed by atoms with E-state index in [2.05, 4.69) is 123 Å². The summed E-state index contributed by atoms with van der Waals surface area (Å²) in [5, 5.41) is 5.69. The first-order valence-electron chi connectivity index (χ1n) is 20.2. The van der Waals surface area contributed by atoms with Gasteiger partial charge < -0.3 is 9.08 Å². The van der Waals surface area contributed by atoms with Crippen molar-refractivity contribution in [3.63, 3.8) is 0 Å². The molecule has 0 radical (unpaired) electrons. The van der Waals surface area contributed by atoms with E-state index >= 15 is 0 Å². The maximum absolute atomic E-state index is 14.1. The number of rotatable bonds is 6. The zero-order valence-electron chi connectivity index (χ0n) is 33.4. The number of anilines is 3. The highest BCUT2D eigenvalue weighted by molar-refractivity contribution is 7.88. The van der Waals surface area contributed by atoms with Crippen LogP contribution in [-0.2, 0) is 15.5 Å². The van der Waals surface area contributed by atoms with Crippen LogP contribution < -0.4 is 9.08 Å². The molecule has 0 atom stereocenters. The first kappa shape index (κ1) is 38.4. The summed E-state index contributed by atoms with van der Waals surface area (Å²) in [5.41, 5.74) is 2.86. The Labute approximate surface area is 371 Å². The van der Waals surface area contributed by atoms with Crippen LogP contribution in [0.25, 0.3) is 82.8 Å². The van der Waals surface area contributed by atoms with Crippen molar-refractivity contribution < 1.29 is 25.8 Å². The summed E-state index contributed by atoms with van der Waals surface area (Å²) in [6.45, 7) is 4.47. The smallest absolute Gasteiger partial charge is 0.376 e. The number of benzene rings is 8. The van der Waals surface area contributed by atoms with Gasteiger partial charge in [-0.25, -0.2) is 0 Å². The van der Waals surface area contributed by atoms with Crippen molar-refractivity contribution in [1.82, 2.24) is 0 Å². The second kappa shape index (κ2) is 13.6. The van der Waals surface area contributed by atoms with E-state index in [9.17, 15) is 21.6 Å². The molecule has 1 aliphatic rings. The average Bonchev–Trinajstić information content (AvgIpc) is 4.01. The molecule has 0 fully saturated rings. The van der Waals surface area contributed by atoms with Crippen molar-refractivity contribution in [1.29, 1.82) is 0 Å². The van der Waals surface area contributed by atoms with Gasteiger partial charge in [-0.2, -0.15) is 21.6 Å². The molecule has 12 rings (SSSR count). The van der Waals surface area contributed by atoms with Crippen LogP contribution in [0.3, 0.4) is 0 Å². The molecule has 0 bridgehead atoms. The summed E-state index contributed by atoms with van der Waals surface area (Å²) >= 11 is 4.86. The number of halogens is 3. The quantitative estimate of drug-likeness (QED) is 0.123. The zero-order chi connectivity index (χ0) is 43.0. The second-order valence-corrected chi connectivity index (χ2v) is 21.2. The van der Waals surface area contributed by atoms with Crippen LogP contribution in [0.5, 0.6) is 5.75 Å². The molecule has 8 aromatic carbocycles. The van der Waals surface area contributed by atoms with Gasteiger partial charge in [0.15, 0.2) is 0 Å². The minimum Gasteiger partial charge on any atom is -0.376 e.